The number of aliphatic hydroxyl groups excluding tert-OH is 1. The lowest BCUT2D eigenvalue weighted by Crippen LogP contribution is -2.48. The zero-order valence-electron chi connectivity index (χ0n) is 12.7. The number of carbonyl (C=O) groups excluding carboxylic acids is 1. The summed E-state index contributed by atoms with van der Waals surface area (Å²) in [5, 5.41) is 9.84. The Morgan fingerprint density at radius 2 is 2.00 bits per heavy atom. The molecule has 0 aliphatic carbocycles. The van der Waals surface area contributed by atoms with Crippen molar-refractivity contribution in [2.45, 2.75) is 57.2 Å². The van der Waals surface area contributed by atoms with Gasteiger partial charge in [0, 0.05) is 17.6 Å². The molecule has 2 atom stereocenters. The van der Waals surface area contributed by atoms with Crippen molar-refractivity contribution in [1.82, 2.24) is 4.90 Å². The predicted octanol–water partition coefficient (Wildman–Crippen LogP) is 2.06. The summed E-state index contributed by atoms with van der Waals surface area (Å²) < 4.78 is 5.36. The van der Waals surface area contributed by atoms with Gasteiger partial charge in [-0.15, -0.1) is 0 Å². The summed E-state index contributed by atoms with van der Waals surface area (Å²) in [6, 6.07) is 6.39. The molecule has 2 fully saturated rings. The monoisotopic (exact) mass is 289 g/mol. The topological polar surface area (TPSA) is 49.8 Å². The third kappa shape index (κ3) is 2.77. The molecule has 1 N–H and O–H groups in total. The van der Waals surface area contributed by atoms with Gasteiger partial charge < -0.3 is 14.7 Å². The number of amides is 1. The lowest BCUT2D eigenvalue weighted by Gasteiger charge is -2.37. The van der Waals surface area contributed by atoms with Gasteiger partial charge in [0.25, 0.3) is 0 Å². The summed E-state index contributed by atoms with van der Waals surface area (Å²) in [5.41, 5.74) is 2.09. The second-order valence-corrected chi connectivity index (χ2v) is 6.30. The van der Waals surface area contributed by atoms with Crippen molar-refractivity contribution in [2.75, 3.05) is 7.11 Å². The quantitative estimate of drug-likeness (QED) is 0.926. The van der Waals surface area contributed by atoms with Gasteiger partial charge in [-0.3, -0.25) is 4.79 Å². The first-order valence-electron chi connectivity index (χ1n) is 7.71. The van der Waals surface area contributed by atoms with Crippen LogP contribution in [-0.2, 0) is 11.2 Å². The van der Waals surface area contributed by atoms with Crippen molar-refractivity contribution >= 4 is 5.91 Å². The van der Waals surface area contributed by atoms with Gasteiger partial charge in [-0.2, -0.15) is 0 Å². The largest absolute Gasteiger partial charge is 0.496 e. The third-order valence-electron chi connectivity index (χ3n) is 4.77. The Morgan fingerprint density at radius 3 is 2.62 bits per heavy atom. The van der Waals surface area contributed by atoms with E-state index in [-0.39, 0.29) is 24.1 Å². The highest BCUT2D eigenvalue weighted by Crippen LogP contribution is 2.36. The molecule has 1 amide bonds. The number of methoxy groups -OCH3 is 1. The minimum atomic E-state index is -0.236. The van der Waals surface area contributed by atoms with Gasteiger partial charge in [-0.05, 0) is 38.7 Å². The van der Waals surface area contributed by atoms with Crippen LogP contribution in [0.5, 0.6) is 5.75 Å². The molecule has 21 heavy (non-hydrogen) atoms. The molecule has 0 spiro atoms. The highest BCUT2D eigenvalue weighted by molar-refractivity contribution is 5.80. The number of piperidine rings is 1. The van der Waals surface area contributed by atoms with Gasteiger partial charge in [-0.1, -0.05) is 17.7 Å². The fourth-order valence-electron chi connectivity index (χ4n) is 3.86. The van der Waals surface area contributed by atoms with Crippen LogP contribution in [0.15, 0.2) is 18.2 Å². The number of aryl methyl sites for hydroxylation is 1. The second kappa shape index (κ2) is 5.68. The Kier molecular flexibility index (Phi) is 3.89. The Balaban J connectivity index is 1.77. The molecule has 1 aromatic carbocycles. The number of rotatable bonds is 3. The molecule has 2 aliphatic rings. The maximum atomic E-state index is 12.7. The van der Waals surface area contributed by atoms with Gasteiger partial charge >= 0.3 is 0 Å². The smallest absolute Gasteiger partial charge is 0.227 e. The fraction of sp³-hybridized carbons (Fsp3) is 0.588. The van der Waals surface area contributed by atoms with Crippen molar-refractivity contribution in [3.63, 3.8) is 0 Å². The molecule has 0 radical (unpaired) electrons. The zero-order valence-corrected chi connectivity index (χ0v) is 12.7. The Morgan fingerprint density at radius 1 is 1.33 bits per heavy atom. The van der Waals surface area contributed by atoms with E-state index in [1.54, 1.807) is 7.11 Å². The molecular formula is C17H23NO3. The van der Waals surface area contributed by atoms with Gasteiger partial charge in [-0.25, -0.2) is 0 Å². The summed E-state index contributed by atoms with van der Waals surface area (Å²) in [4.78, 5) is 14.7. The van der Waals surface area contributed by atoms with Gasteiger partial charge in [0.1, 0.15) is 5.75 Å². The SMILES string of the molecule is COc1ccc(C)cc1CC(=O)N1C2CCC1CC(O)C2. The van der Waals surface area contributed by atoms with E-state index >= 15 is 0 Å². The Hall–Kier alpha value is -1.55. The molecule has 4 heteroatoms. The lowest BCUT2D eigenvalue weighted by molar-refractivity contribution is -0.136. The minimum Gasteiger partial charge on any atom is -0.496 e. The van der Waals surface area contributed by atoms with E-state index in [9.17, 15) is 9.90 Å². The maximum absolute atomic E-state index is 12.7. The first kappa shape index (κ1) is 14.4. The van der Waals surface area contributed by atoms with Crippen LogP contribution in [0.4, 0.5) is 0 Å². The van der Waals surface area contributed by atoms with E-state index in [1.807, 2.05) is 30.0 Å². The van der Waals surface area contributed by atoms with Crippen LogP contribution in [0.2, 0.25) is 0 Å². The van der Waals surface area contributed by atoms with Crippen LogP contribution in [0.3, 0.4) is 0 Å². The van der Waals surface area contributed by atoms with Crippen molar-refractivity contribution in [2.24, 2.45) is 0 Å². The van der Waals surface area contributed by atoms with E-state index in [4.69, 9.17) is 4.74 Å². The number of aliphatic hydroxyl groups is 1. The first-order chi connectivity index (χ1) is 10.1. The number of nitrogens with zero attached hydrogens (tertiary/aromatic N) is 1. The molecule has 2 unspecified atom stereocenters. The summed E-state index contributed by atoms with van der Waals surface area (Å²) in [6.07, 6.45) is 3.66. The molecule has 0 saturated carbocycles. The van der Waals surface area contributed by atoms with Crippen molar-refractivity contribution in [3.8, 4) is 5.75 Å². The number of hydrogen-bond acceptors (Lipinski definition) is 3. The minimum absolute atomic E-state index is 0.165. The van der Waals surface area contributed by atoms with Crippen molar-refractivity contribution in [1.29, 1.82) is 0 Å². The molecule has 2 saturated heterocycles. The highest BCUT2D eigenvalue weighted by atomic mass is 16.5. The molecule has 0 aromatic heterocycles. The summed E-state index contributed by atoms with van der Waals surface area (Å²) >= 11 is 0. The summed E-state index contributed by atoms with van der Waals surface area (Å²) in [7, 11) is 1.64. The first-order valence-corrected chi connectivity index (χ1v) is 7.71. The van der Waals surface area contributed by atoms with E-state index in [0.717, 1.165) is 42.6 Å². The molecule has 2 heterocycles. The van der Waals surface area contributed by atoms with Crippen LogP contribution in [-0.4, -0.2) is 41.2 Å². The van der Waals surface area contributed by atoms with Crippen LogP contribution in [0.25, 0.3) is 0 Å². The van der Waals surface area contributed by atoms with E-state index in [1.165, 1.54) is 0 Å². The van der Waals surface area contributed by atoms with E-state index < -0.39 is 0 Å². The third-order valence-corrected chi connectivity index (χ3v) is 4.77. The average Bonchev–Trinajstić information content (AvgIpc) is 2.71. The molecule has 4 nitrogen and oxygen atoms in total. The average molecular weight is 289 g/mol. The van der Waals surface area contributed by atoms with Crippen molar-refractivity contribution in [3.05, 3.63) is 29.3 Å². The van der Waals surface area contributed by atoms with E-state index in [0.29, 0.717) is 6.42 Å². The Labute approximate surface area is 125 Å². The standard InChI is InChI=1S/C17H23NO3/c1-11-3-6-16(21-2)12(7-11)8-17(20)18-13-4-5-14(18)10-15(19)9-13/h3,6-7,13-15,19H,4-5,8-10H2,1-2H3. The maximum Gasteiger partial charge on any atom is 0.227 e. The fourth-order valence-corrected chi connectivity index (χ4v) is 3.86. The number of carbonyl (C=O) groups is 1. The zero-order chi connectivity index (χ0) is 15.0. The normalized spacial score (nSPS) is 27.8. The number of ether oxygens (including phenoxy) is 1. The predicted molar refractivity (Wildman–Crippen MR) is 80.3 cm³/mol. The van der Waals surface area contributed by atoms with Crippen LogP contribution in [0, 0.1) is 6.92 Å². The molecule has 3 rings (SSSR count). The van der Waals surface area contributed by atoms with Crippen LogP contribution in [0.1, 0.15) is 36.8 Å². The number of hydrogen-bond donors (Lipinski definition) is 1. The highest BCUT2D eigenvalue weighted by Gasteiger charge is 2.42. The lowest BCUT2D eigenvalue weighted by atomic mass is 9.98. The van der Waals surface area contributed by atoms with Crippen LogP contribution < -0.4 is 4.74 Å². The molecule has 2 bridgehead atoms. The van der Waals surface area contributed by atoms with Gasteiger partial charge in [0.15, 0.2) is 0 Å². The molecule has 114 valence electrons. The molecule has 2 aliphatic heterocycles. The number of benzene rings is 1. The summed E-state index contributed by atoms with van der Waals surface area (Å²) in [6.45, 7) is 2.02. The van der Waals surface area contributed by atoms with Crippen molar-refractivity contribution < 1.29 is 14.6 Å². The Bertz CT molecular complexity index is 529. The van der Waals surface area contributed by atoms with E-state index in [2.05, 4.69) is 0 Å². The van der Waals surface area contributed by atoms with Gasteiger partial charge in [0.05, 0.1) is 19.6 Å². The molecular weight excluding hydrogens is 266 g/mol. The molecule has 1 aromatic rings. The van der Waals surface area contributed by atoms with Crippen LogP contribution >= 0.6 is 0 Å². The number of fused-ring (bicyclic) bond motifs is 2. The summed E-state index contributed by atoms with van der Waals surface area (Å²) in [5.74, 6) is 0.941. The van der Waals surface area contributed by atoms with Gasteiger partial charge in [0.2, 0.25) is 5.91 Å². The second-order valence-electron chi connectivity index (χ2n) is 6.30.